The lowest BCUT2D eigenvalue weighted by Gasteiger charge is -2.10. The first-order valence-corrected chi connectivity index (χ1v) is 7.86. The predicted octanol–water partition coefficient (Wildman–Crippen LogP) is 2.69. The van der Waals surface area contributed by atoms with E-state index in [2.05, 4.69) is 5.32 Å². The molecule has 0 radical (unpaired) electrons. The molecule has 0 saturated heterocycles. The van der Waals surface area contributed by atoms with E-state index in [0.717, 1.165) is 43.5 Å². The van der Waals surface area contributed by atoms with Crippen LogP contribution in [0.5, 0.6) is 5.75 Å². The summed E-state index contributed by atoms with van der Waals surface area (Å²) in [5.74, 6) is 0.959. The third-order valence-corrected chi connectivity index (χ3v) is 3.30. The number of unbranched alkanes of at least 4 members (excludes halogenated alkanes) is 3. The van der Waals surface area contributed by atoms with Crippen LogP contribution in [-0.4, -0.2) is 30.8 Å². The average Bonchev–Trinajstić information content (AvgIpc) is 2.50. The van der Waals surface area contributed by atoms with Crippen LogP contribution in [-0.2, 0) is 11.2 Å². The first-order valence-electron chi connectivity index (χ1n) is 7.86. The number of ether oxygens (including phenoxy) is 1. The van der Waals surface area contributed by atoms with Crippen LogP contribution in [0.25, 0.3) is 0 Å². The zero-order valence-corrected chi connectivity index (χ0v) is 12.9. The number of aliphatic hydroxyl groups is 1. The third-order valence-electron chi connectivity index (χ3n) is 3.30. The standard InChI is InChI=1S/C17H27NO3/c1-2-21-16-10-6-5-9-15(16)11-12-17(20)18-13-7-3-4-8-14-19/h5-6,9-10,19H,2-4,7-8,11-14H2,1H3,(H,18,20). The molecule has 0 unspecified atom stereocenters. The molecule has 118 valence electrons. The van der Waals surface area contributed by atoms with E-state index in [1.807, 2.05) is 31.2 Å². The molecular formula is C17H27NO3. The fourth-order valence-electron chi connectivity index (χ4n) is 2.16. The van der Waals surface area contributed by atoms with Gasteiger partial charge in [-0.2, -0.15) is 0 Å². The second-order valence-corrected chi connectivity index (χ2v) is 5.03. The Kier molecular flexibility index (Phi) is 9.29. The molecule has 21 heavy (non-hydrogen) atoms. The van der Waals surface area contributed by atoms with E-state index >= 15 is 0 Å². The van der Waals surface area contributed by atoms with Crippen molar-refractivity contribution >= 4 is 5.91 Å². The van der Waals surface area contributed by atoms with Gasteiger partial charge in [0.15, 0.2) is 0 Å². The molecule has 1 aromatic rings. The van der Waals surface area contributed by atoms with Gasteiger partial charge in [-0.25, -0.2) is 0 Å². The number of aliphatic hydroxyl groups excluding tert-OH is 1. The third kappa shape index (κ3) is 7.71. The van der Waals surface area contributed by atoms with Gasteiger partial charge >= 0.3 is 0 Å². The van der Waals surface area contributed by atoms with Crippen LogP contribution in [0.4, 0.5) is 0 Å². The minimum atomic E-state index is 0.0865. The molecule has 0 aliphatic rings. The van der Waals surface area contributed by atoms with Crippen LogP contribution in [0.15, 0.2) is 24.3 Å². The summed E-state index contributed by atoms with van der Waals surface area (Å²) < 4.78 is 5.55. The van der Waals surface area contributed by atoms with Gasteiger partial charge in [-0.05, 0) is 37.8 Å². The molecule has 0 fully saturated rings. The Balaban J connectivity index is 2.21. The highest BCUT2D eigenvalue weighted by molar-refractivity contribution is 5.76. The minimum absolute atomic E-state index is 0.0865. The van der Waals surface area contributed by atoms with Crippen LogP contribution in [0.1, 0.15) is 44.6 Å². The van der Waals surface area contributed by atoms with Gasteiger partial charge < -0.3 is 15.2 Å². The lowest BCUT2D eigenvalue weighted by molar-refractivity contribution is -0.121. The maximum Gasteiger partial charge on any atom is 0.220 e. The summed E-state index contributed by atoms with van der Waals surface area (Å²) in [4.78, 5) is 11.8. The van der Waals surface area contributed by atoms with Gasteiger partial charge in [0.1, 0.15) is 5.75 Å². The second kappa shape index (κ2) is 11.1. The van der Waals surface area contributed by atoms with Crippen LogP contribution < -0.4 is 10.1 Å². The van der Waals surface area contributed by atoms with E-state index in [1.165, 1.54) is 0 Å². The number of benzene rings is 1. The molecule has 1 amide bonds. The molecule has 0 bridgehead atoms. The first kappa shape index (κ1) is 17.5. The molecule has 1 aromatic carbocycles. The quantitative estimate of drug-likeness (QED) is 0.617. The van der Waals surface area contributed by atoms with Crippen LogP contribution >= 0.6 is 0 Å². The lowest BCUT2D eigenvalue weighted by atomic mass is 10.1. The van der Waals surface area contributed by atoms with Gasteiger partial charge in [0.25, 0.3) is 0 Å². The number of para-hydroxylation sites is 1. The normalized spacial score (nSPS) is 10.4. The number of carbonyl (C=O) groups is 1. The van der Waals surface area contributed by atoms with Gasteiger partial charge in [0.2, 0.25) is 5.91 Å². The van der Waals surface area contributed by atoms with E-state index in [9.17, 15) is 4.79 Å². The predicted molar refractivity (Wildman–Crippen MR) is 84.5 cm³/mol. The monoisotopic (exact) mass is 293 g/mol. The van der Waals surface area contributed by atoms with Crippen molar-refractivity contribution in [3.8, 4) is 5.75 Å². The summed E-state index contributed by atoms with van der Waals surface area (Å²) in [6.07, 6.45) is 5.08. The maximum absolute atomic E-state index is 11.8. The van der Waals surface area contributed by atoms with Crippen molar-refractivity contribution in [2.24, 2.45) is 0 Å². The molecule has 0 aromatic heterocycles. The van der Waals surface area contributed by atoms with E-state index in [-0.39, 0.29) is 12.5 Å². The molecule has 0 heterocycles. The van der Waals surface area contributed by atoms with Crippen LogP contribution in [0.2, 0.25) is 0 Å². The molecular weight excluding hydrogens is 266 g/mol. The number of carbonyl (C=O) groups excluding carboxylic acids is 1. The highest BCUT2D eigenvalue weighted by atomic mass is 16.5. The number of rotatable bonds is 11. The Morgan fingerprint density at radius 3 is 2.71 bits per heavy atom. The van der Waals surface area contributed by atoms with Gasteiger partial charge in [-0.3, -0.25) is 4.79 Å². The fraction of sp³-hybridized carbons (Fsp3) is 0.588. The fourth-order valence-corrected chi connectivity index (χ4v) is 2.16. The average molecular weight is 293 g/mol. The SMILES string of the molecule is CCOc1ccccc1CCC(=O)NCCCCCCO. The summed E-state index contributed by atoms with van der Waals surface area (Å²) in [6, 6.07) is 7.86. The van der Waals surface area contributed by atoms with Crippen molar-refractivity contribution in [1.29, 1.82) is 0 Å². The minimum Gasteiger partial charge on any atom is -0.494 e. The first-order chi connectivity index (χ1) is 10.3. The summed E-state index contributed by atoms with van der Waals surface area (Å²) in [5.41, 5.74) is 1.08. The molecule has 4 heteroatoms. The summed E-state index contributed by atoms with van der Waals surface area (Å²) in [7, 11) is 0. The van der Waals surface area contributed by atoms with Crippen molar-refractivity contribution in [3.05, 3.63) is 29.8 Å². The van der Waals surface area contributed by atoms with E-state index < -0.39 is 0 Å². The molecule has 0 spiro atoms. The smallest absolute Gasteiger partial charge is 0.220 e. The Hall–Kier alpha value is -1.55. The Morgan fingerprint density at radius 2 is 1.95 bits per heavy atom. The van der Waals surface area contributed by atoms with Gasteiger partial charge in [0.05, 0.1) is 6.61 Å². The molecule has 0 saturated carbocycles. The molecule has 1 rings (SSSR count). The number of hydrogen-bond acceptors (Lipinski definition) is 3. The Labute approximate surface area is 127 Å². The van der Waals surface area contributed by atoms with Crippen molar-refractivity contribution in [2.45, 2.75) is 45.4 Å². The van der Waals surface area contributed by atoms with Gasteiger partial charge in [0, 0.05) is 19.6 Å². The zero-order chi connectivity index (χ0) is 15.3. The highest BCUT2D eigenvalue weighted by Gasteiger charge is 2.06. The second-order valence-electron chi connectivity index (χ2n) is 5.03. The molecule has 4 nitrogen and oxygen atoms in total. The summed E-state index contributed by atoms with van der Waals surface area (Å²) in [5, 5.41) is 11.6. The summed E-state index contributed by atoms with van der Waals surface area (Å²) in [6.45, 7) is 3.57. The maximum atomic E-state index is 11.8. The van der Waals surface area contributed by atoms with E-state index in [1.54, 1.807) is 0 Å². The largest absolute Gasteiger partial charge is 0.494 e. The number of nitrogens with one attached hydrogen (secondary N) is 1. The Bertz CT molecular complexity index is 407. The van der Waals surface area contributed by atoms with Gasteiger partial charge in [-0.1, -0.05) is 31.0 Å². The zero-order valence-electron chi connectivity index (χ0n) is 12.9. The Morgan fingerprint density at radius 1 is 1.19 bits per heavy atom. The molecule has 0 atom stereocenters. The number of hydrogen-bond donors (Lipinski definition) is 2. The van der Waals surface area contributed by atoms with Crippen molar-refractivity contribution in [1.82, 2.24) is 5.32 Å². The highest BCUT2D eigenvalue weighted by Crippen LogP contribution is 2.19. The van der Waals surface area contributed by atoms with E-state index in [0.29, 0.717) is 19.4 Å². The number of amides is 1. The number of aryl methyl sites for hydroxylation is 1. The van der Waals surface area contributed by atoms with Crippen molar-refractivity contribution in [3.63, 3.8) is 0 Å². The molecule has 0 aliphatic heterocycles. The van der Waals surface area contributed by atoms with Crippen LogP contribution in [0, 0.1) is 0 Å². The molecule has 0 aliphatic carbocycles. The van der Waals surface area contributed by atoms with Crippen molar-refractivity contribution in [2.75, 3.05) is 19.8 Å². The van der Waals surface area contributed by atoms with Crippen molar-refractivity contribution < 1.29 is 14.6 Å². The molecule has 2 N–H and O–H groups in total. The summed E-state index contributed by atoms with van der Waals surface area (Å²) >= 11 is 0. The lowest BCUT2D eigenvalue weighted by Crippen LogP contribution is -2.24. The topological polar surface area (TPSA) is 58.6 Å². The van der Waals surface area contributed by atoms with E-state index in [4.69, 9.17) is 9.84 Å². The van der Waals surface area contributed by atoms with Gasteiger partial charge in [-0.15, -0.1) is 0 Å². The van der Waals surface area contributed by atoms with Crippen LogP contribution in [0.3, 0.4) is 0 Å².